The summed E-state index contributed by atoms with van der Waals surface area (Å²) in [4.78, 5) is 38.8. The molecule has 0 spiro atoms. The Morgan fingerprint density at radius 3 is 2.36 bits per heavy atom. The van der Waals surface area contributed by atoms with Crippen molar-refractivity contribution in [2.45, 2.75) is 12.8 Å². The Bertz CT molecular complexity index is 860. The van der Waals surface area contributed by atoms with E-state index in [-0.39, 0.29) is 11.7 Å². The fraction of sp³-hybridized carbons (Fsp3) is 0.211. The SMILES string of the molecule is CCN1C(=O)C(C(=O)OC)c2cc(C(=O)c3ccc(Cl)cc3)ccc21. The Morgan fingerprint density at radius 2 is 1.76 bits per heavy atom. The molecule has 128 valence electrons. The lowest BCUT2D eigenvalue weighted by Crippen LogP contribution is -2.31. The molecule has 6 heteroatoms. The number of halogens is 1. The van der Waals surface area contributed by atoms with Crippen LogP contribution in [0.25, 0.3) is 0 Å². The molecule has 0 saturated carbocycles. The highest BCUT2D eigenvalue weighted by Gasteiger charge is 2.42. The first-order valence-corrected chi connectivity index (χ1v) is 8.19. The number of ether oxygens (including phenoxy) is 1. The van der Waals surface area contributed by atoms with Crippen LogP contribution in [0.1, 0.15) is 34.3 Å². The Labute approximate surface area is 150 Å². The first-order valence-electron chi connectivity index (χ1n) is 7.81. The molecule has 25 heavy (non-hydrogen) atoms. The number of esters is 1. The van der Waals surface area contributed by atoms with E-state index in [2.05, 4.69) is 0 Å². The van der Waals surface area contributed by atoms with E-state index in [1.165, 1.54) is 12.0 Å². The summed E-state index contributed by atoms with van der Waals surface area (Å²) in [6, 6.07) is 11.5. The normalized spacial score (nSPS) is 15.9. The summed E-state index contributed by atoms with van der Waals surface area (Å²) < 4.78 is 4.77. The van der Waals surface area contributed by atoms with E-state index in [0.29, 0.717) is 33.9 Å². The Kier molecular flexibility index (Phi) is 4.59. The molecule has 0 fully saturated rings. The Balaban J connectivity index is 2.05. The van der Waals surface area contributed by atoms with Crippen LogP contribution in [0.2, 0.25) is 5.02 Å². The number of amides is 1. The molecule has 0 N–H and O–H groups in total. The van der Waals surface area contributed by atoms with E-state index in [9.17, 15) is 14.4 Å². The first kappa shape index (κ1) is 17.2. The second-order valence-corrected chi connectivity index (χ2v) is 6.08. The third-order valence-electron chi connectivity index (χ3n) is 4.26. The number of carbonyl (C=O) groups is 3. The largest absolute Gasteiger partial charge is 0.468 e. The van der Waals surface area contributed by atoms with Crippen LogP contribution in [0.5, 0.6) is 0 Å². The summed E-state index contributed by atoms with van der Waals surface area (Å²) in [5, 5.41) is 0.542. The molecular formula is C19H16ClNO4. The smallest absolute Gasteiger partial charge is 0.322 e. The van der Waals surface area contributed by atoms with Crippen molar-refractivity contribution in [3.05, 3.63) is 64.2 Å². The van der Waals surface area contributed by atoms with Gasteiger partial charge in [0, 0.05) is 33.9 Å². The van der Waals surface area contributed by atoms with Gasteiger partial charge in [-0.15, -0.1) is 0 Å². The number of hydrogen-bond acceptors (Lipinski definition) is 4. The molecule has 1 unspecified atom stereocenters. The van der Waals surface area contributed by atoms with Gasteiger partial charge >= 0.3 is 5.97 Å². The zero-order valence-corrected chi connectivity index (χ0v) is 14.5. The predicted octanol–water partition coefficient (Wildman–Crippen LogP) is 3.19. The summed E-state index contributed by atoms with van der Waals surface area (Å²) in [6.45, 7) is 2.26. The van der Waals surface area contributed by atoms with Crippen molar-refractivity contribution in [2.24, 2.45) is 0 Å². The number of methoxy groups -OCH3 is 1. The van der Waals surface area contributed by atoms with Gasteiger partial charge < -0.3 is 9.64 Å². The number of nitrogens with zero attached hydrogens (tertiary/aromatic N) is 1. The Hall–Kier alpha value is -2.66. The quantitative estimate of drug-likeness (QED) is 0.479. The molecular weight excluding hydrogens is 342 g/mol. The van der Waals surface area contributed by atoms with Crippen LogP contribution in [0.4, 0.5) is 5.69 Å². The molecule has 2 aromatic carbocycles. The maximum Gasteiger partial charge on any atom is 0.322 e. The van der Waals surface area contributed by atoms with Crippen LogP contribution < -0.4 is 4.90 Å². The highest BCUT2D eigenvalue weighted by atomic mass is 35.5. The Morgan fingerprint density at radius 1 is 1.12 bits per heavy atom. The molecule has 2 aromatic rings. The van der Waals surface area contributed by atoms with Crippen molar-refractivity contribution in [3.8, 4) is 0 Å². The highest BCUT2D eigenvalue weighted by molar-refractivity contribution is 6.30. The van der Waals surface area contributed by atoms with Crippen molar-refractivity contribution in [1.29, 1.82) is 0 Å². The van der Waals surface area contributed by atoms with E-state index >= 15 is 0 Å². The number of anilines is 1. The van der Waals surface area contributed by atoms with Crippen LogP contribution in [0.3, 0.4) is 0 Å². The molecule has 3 rings (SSSR count). The van der Waals surface area contributed by atoms with Gasteiger partial charge in [0.1, 0.15) is 0 Å². The third-order valence-corrected chi connectivity index (χ3v) is 4.52. The van der Waals surface area contributed by atoms with Gasteiger partial charge in [-0.2, -0.15) is 0 Å². The topological polar surface area (TPSA) is 63.7 Å². The minimum absolute atomic E-state index is 0.203. The number of carbonyl (C=O) groups excluding carboxylic acids is 3. The lowest BCUT2D eigenvalue weighted by Gasteiger charge is -2.14. The zero-order chi connectivity index (χ0) is 18.1. The molecule has 1 aliphatic heterocycles. The second kappa shape index (κ2) is 6.69. The average molecular weight is 358 g/mol. The average Bonchev–Trinajstić information content (AvgIpc) is 2.91. The van der Waals surface area contributed by atoms with Gasteiger partial charge in [0.05, 0.1) is 7.11 Å². The maximum atomic E-state index is 12.7. The van der Waals surface area contributed by atoms with Crippen LogP contribution in [0, 0.1) is 0 Å². The molecule has 5 nitrogen and oxygen atoms in total. The molecule has 0 bridgehead atoms. The van der Waals surface area contributed by atoms with Gasteiger partial charge in [0.25, 0.3) is 0 Å². The minimum Gasteiger partial charge on any atom is -0.468 e. The zero-order valence-electron chi connectivity index (χ0n) is 13.8. The van der Waals surface area contributed by atoms with E-state index in [1.54, 1.807) is 42.5 Å². The van der Waals surface area contributed by atoms with Crippen LogP contribution in [-0.2, 0) is 14.3 Å². The number of ketones is 1. The lowest BCUT2D eigenvalue weighted by molar-refractivity contribution is -0.145. The molecule has 0 aliphatic carbocycles. The minimum atomic E-state index is -1.03. The molecule has 1 amide bonds. The number of fused-ring (bicyclic) bond motifs is 1. The van der Waals surface area contributed by atoms with E-state index in [4.69, 9.17) is 16.3 Å². The summed E-state index contributed by atoms with van der Waals surface area (Å²) in [6.07, 6.45) is 0. The highest BCUT2D eigenvalue weighted by Crippen LogP contribution is 2.38. The monoisotopic (exact) mass is 357 g/mol. The fourth-order valence-electron chi connectivity index (χ4n) is 3.02. The lowest BCUT2D eigenvalue weighted by atomic mass is 9.95. The number of rotatable bonds is 4. The molecule has 1 aliphatic rings. The van der Waals surface area contributed by atoms with Crippen molar-refractivity contribution in [2.75, 3.05) is 18.6 Å². The summed E-state index contributed by atoms with van der Waals surface area (Å²) >= 11 is 5.85. The summed E-state index contributed by atoms with van der Waals surface area (Å²) in [7, 11) is 1.24. The van der Waals surface area contributed by atoms with Gasteiger partial charge in [-0.25, -0.2) is 0 Å². The van der Waals surface area contributed by atoms with Crippen LogP contribution in [-0.4, -0.2) is 31.3 Å². The van der Waals surface area contributed by atoms with Gasteiger partial charge in [0.15, 0.2) is 11.7 Å². The van der Waals surface area contributed by atoms with Crippen molar-refractivity contribution in [1.82, 2.24) is 0 Å². The first-order chi connectivity index (χ1) is 12.0. The maximum absolute atomic E-state index is 12.7. The van der Waals surface area contributed by atoms with Crippen molar-refractivity contribution >= 4 is 34.9 Å². The number of likely N-dealkylation sites (N-methyl/N-ethyl adjacent to an activating group) is 1. The third kappa shape index (κ3) is 2.91. The van der Waals surface area contributed by atoms with Gasteiger partial charge in [0.2, 0.25) is 5.91 Å². The molecule has 1 heterocycles. The second-order valence-electron chi connectivity index (χ2n) is 5.65. The van der Waals surface area contributed by atoms with Crippen LogP contribution in [0.15, 0.2) is 42.5 Å². The predicted molar refractivity (Wildman–Crippen MR) is 94.1 cm³/mol. The fourth-order valence-corrected chi connectivity index (χ4v) is 3.15. The van der Waals surface area contributed by atoms with Crippen molar-refractivity contribution in [3.63, 3.8) is 0 Å². The molecule has 0 radical (unpaired) electrons. The summed E-state index contributed by atoms with van der Waals surface area (Å²) in [5.74, 6) is -2.19. The molecule has 0 saturated heterocycles. The van der Waals surface area contributed by atoms with Gasteiger partial charge in [-0.1, -0.05) is 11.6 Å². The molecule has 1 atom stereocenters. The van der Waals surface area contributed by atoms with E-state index in [0.717, 1.165) is 0 Å². The standard InChI is InChI=1S/C19H16ClNO4/c1-3-21-15-9-6-12(17(22)11-4-7-13(20)8-5-11)10-14(15)16(18(21)23)19(24)25-2/h4-10,16H,3H2,1-2H3. The summed E-state index contributed by atoms with van der Waals surface area (Å²) in [5.41, 5.74) is 2.02. The van der Waals surface area contributed by atoms with Gasteiger partial charge in [-0.3, -0.25) is 14.4 Å². The number of hydrogen-bond donors (Lipinski definition) is 0. The van der Waals surface area contributed by atoms with Crippen LogP contribution >= 0.6 is 11.6 Å². The van der Waals surface area contributed by atoms with E-state index < -0.39 is 11.9 Å². The number of benzene rings is 2. The van der Waals surface area contributed by atoms with Crippen molar-refractivity contribution < 1.29 is 19.1 Å². The molecule has 0 aromatic heterocycles. The van der Waals surface area contributed by atoms with Gasteiger partial charge in [-0.05, 0) is 49.4 Å². The van der Waals surface area contributed by atoms with E-state index in [1.807, 2.05) is 6.92 Å².